The maximum absolute atomic E-state index is 12.8. The standard InChI is InChI=1S/C19H17N5O3/c25-19(13-3-4-14-15(10-13)21-11-20-14)24-7-5-12(6-8-24)17-22-23-18(27-17)16-2-1-9-26-16/h1-4,9-12H,5-8H2,(H,20,21). The molecular formula is C19H17N5O3. The van der Waals surface area contributed by atoms with Gasteiger partial charge < -0.3 is 18.7 Å². The van der Waals surface area contributed by atoms with Crippen molar-refractivity contribution in [3.63, 3.8) is 0 Å². The average Bonchev–Trinajstić information content (AvgIpc) is 3.48. The smallest absolute Gasteiger partial charge is 0.283 e. The maximum Gasteiger partial charge on any atom is 0.283 e. The van der Waals surface area contributed by atoms with Crippen molar-refractivity contribution in [3.8, 4) is 11.7 Å². The Bertz CT molecular complexity index is 1070. The molecular weight excluding hydrogens is 346 g/mol. The topological polar surface area (TPSA) is 101 Å². The minimum atomic E-state index is 0.0340. The molecule has 4 aromatic rings. The van der Waals surface area contributed by atoms with Crippen molar-refractivity contribution in [3.05, 3.63) is 54.4 Å². The van der Waals surface area contributed by atoms with Crippen LogP contribution in [0, 0.1) is 0 Å². The third kappa shape index (κ3) is 2.88. The molecule has 1 aliphatic rings. The third-order valence-electron chi connectivity index (χ3n) is 4.97. The zero-order valence-corrected chi connectivity index (χ0v) is 14.5. The number of rotatable bonds is 3. The van der Waals surface area contributed by atoms with E-state index in [1.807, 2.05) is 23.1 Å². The molecule has 0 spiro atoms. The number of hydrogen-bond acceptors (Lipinski definition) is 6. The van der Waals surface area contributed by atoms with Crippen LogP contribution < -0.4 is 0 Å². The first-order chi connectivity index (χ1) is 13.3. The highest BCUT2D eigenvalue weighted by Gasteiger charge is 2.28. The fourth-order valence-electron chi connectivity index (χ4n) is 3.48. The Morgan fingerprint density at radius 1 is 1.19 bits per heavy atom. The van der Waals surface area contributed by atoms with Crippen LogP contribution in [0.2, 0.25) is 0 Å². The summed E-state index contributed by atoms with van der Waals surface area (Å²) in [5.74, 6) is 1.75. The molecule has 0 bridgehead atoms. The molecule has 1 aliphatic heterocycles. The fourth-order valence-corrected chi connectivity index (χ4v) is 3.48. The van der Waals surface area contributed by atoms with Crippen LogP contribution in [-0.2, 0) is 0 Å². The number of fused-ring (bicyclic) bond motifs is 1. The number of benzene rings is 1. The summed E-state index contributed by atoms with van der Waals surface area (Å²) >= 11 is 0. The molecule has 0 atom stereocenters. The van der Waals surface area contributed by atoms with Crippen molar-refractivity contribution < 1.29 is 13.6 Å². The van der Waals surface area contributed by atoms with Gasteiger partial charge in [-0.1, -0.05) is 0 Å². The zero-order valence-electron chi connectivity index (χ0n) is 14.5. The van der Waals surface area contributed by atoms with E-state index in [0.29, 0.717) is 36.2 Å². The van der Waals surface area contributed by atoms with Crippen molar-refractivity contribution in [2.75, 3.05) is 13.1 Å². The van der Waals surface area contributed by atoms with Crippen molar-refractivity contribution >= 4 is 16.9 Å². The van der Waals surface area contributed by atoms with Crippen molar-refractivity contribution in [1.82, 2.24) is 25.1 Å². The SMILES string of the molecule is O=C(c1ccc2nc[nH]c2c1)N1CCC(c2nnc(-c3ccco3)o2)CC1. The molecule has 0 aliphatic carbocycles. The summed E-state index contributed by atoms with van der Waals surface area (Å²) in [6.45, 7) is 1.31. The first-order valence-corrected chi connectivity index (χ1v) is 8.87. The van der Waals surface area contributed by atoms with Crippen LogP contribution in [0.4, 0.5) is 0 Å². The Morgan fingerprint density at radius 3 is 2.89 bits per heavy atom. The Kier molecular flexibility index (Phi) is 3.74. The Balaban J connectivity index is 1.26. The first kappa shape index (κ1) is 15.8. The second-order valence-corrected chi connectivity index (χ2v) is 6.62. The van der Waals surface area contributed by atoms with Gasteiger partial charge in [-0.05, 0) is 43.2 Å². The van der Waals surface area contributed by atoms with Gasteiger partial charge in [0.25, 0.3) is 11.8 Å². The van der Waals surface area contributed by atoms with Crippen molar-refractivity contribution in [2.45, 2.75) is 18.8 Å². The molecule has 136 valence electrons. The van der Waals surface area contributed by atoms with Gasteiger partial charge >= 0.3 is 0 Å². The summed E-state index contributed by atoms with van der Waals surface area (Å²) in [4.78, 5) is 21.9. The number of likely N-dealkylation sites (tertiary alicyclic amines) is 1. The number of carbonyl (C=O) groups is 1. The number of piperidine rings is 1. The minimum Gasteiger partial charge on any atom is -0.459 e. The first-order valence-electron chi connectivity index (χ1n) is 8.87. The molecule has 1 N–H and O–H groups in total. The molecule has 0 unspecified atom stereocenters. The van der Waals surface area contributed by atoms with Crippen LogP contribution in [0.25, 0.3) is 22.7 Å². The number of nitrogens with zero attached hydrogens (tertiary/aromatic N) is 4. The predicted octanol–water partition coefficient (Wildman–Crippen LogP) is 3.23. The van der Waals surface area contributed by atoms with Gasteiger partial charge in [-0.25, -0.2) is 4.98 Å². The van der Waals surface area contributed by atoms with Crippen LogP contribution in [0.1, 0.15) is 35.0 Å². The summed E-state index contributed by atoms with van der Waals surface area (Å²) in [7, 11) is 0. The summed E-state index contributed by atoms with van der Waals surface area (Å²) in [5, 5.41) is 8.22. The summed E-state index contributed by atoms with van der Waals surface area (Å²) in [6, 6.07) is 9.11. The molecule has 1 fully saturated rings. The van der Waals surface area contributed by atoms with Crippen LogP contribution >= 0.6 is 0 Å². The molecule has 0 radical (unpaired) electrons. The van der Waals surface area contributed by atoms with E-state index >= 15 is 0 Å². The molecule has 1 aromatic carbocycles. The number of carbonyl (C=O) groups excluding carboxylic acids is 1. The number of imidazole rings is 1. The Morgan fingerprint density at radius 2 is 2.07 bits per heavy atom. The number of aromatic amines is 1. The second kappa shape index (κ2) is 6.39. The van der Waals surface area contributed by atoms with Gasteiger partial charge in [0, 0.05) is 24.6 Å². The molecule has 8 heteroatoms. The molecule has 27 heavy (non-hydrogen) atoms. The summed E-state index contributed by atoms with van der Waals surface area (Å²) < 4.78 is 11.0. The van der Waals surface area contributed by atoms with Gasteiger partial charge in [0.2, 0.25) is 5.89 Å². The summed E-state index contributed by atoms with van der Waals surface area (Å²) in [6.07, 6.45) is 4.78. The highest BCUT2D eigenvalue weighted by atomic mass is 16.4. The lowest BCUT2D eigenvalue weighted by molar-refractivity contribution is 0.0706. The van der Waals surface area contributed by atoms with Crippen LogP contribution in [0.15, 0.2) is 51.8 Å². The number of aromatic nitrogens is 4. The van der Waals surface area contributed by atoms with E-state index in [1.165, 1.54) is 0 Å². The van der Waals surface area contributed by atoms with Gasteiger partial charge in [0.05, 0.1) is 23.6 Å². The van der Waals surface area contributed by atoms with E-state index in [0.717, 1.165) is 23.9 Å². The van der Waals surface area contributed by atoms with Crippen molar-refractivity contribution in [2.24, 2.45) is 0 Å². The van der Waals surface area contributed by atoms with E-state index in [2.05, 4.69) is 20.2 Å². The minimum absolute atomic E-state index is 0.0340. The van der Waals surface area contributed by atoms with Gasteiger partial charge in [-0.2, -0.15) is 0 Å². The Labute approximate surface area is 154 Å². The van der Waals surface area contributed by atoms with E-state index in [-0.39, 0.29) is 11.8 Å². The maximum atomic E-state index is 12.8. The van der Waals surface area contributed by atoms with E-state index < -0.39 is 0 Å². The molecule has 4 heterocycles. The zero-order chi connectivity index (χ0) is 18.2. The number of hydrogen-bond donors (Lipinski definition) is 1. The number of H-pyrrole nitrogens is 1. The number of amides is 1. The second-order valence-electron chi connectivity index (χ2n) is 6.62. The van der Waals surface area contributed by atoms with E-state index in [9.17, 15) is 4.79 Å². The fraction of sp³-hybridized carbons (Fsp3) is 0.263. The predicted molar refractivity (Wildman–Crippen MR) is 96.0 cm³/mol. The van der Waals surface area contributed by atoms with E-state index in [1.54, 1.807) is 24.7 Å². The highest BCUT2D eigenvalue weighted by Crippen LogP contribution is 2.30. The quantitative estimate of drug-likeness (QED) is 0.600. The Hall–Kier alpha value is -3.42. The monoisotopic (exact) mass is 363 g/mol. The number of furan rings is 1. The normalized spacial score (nSPS) is 15.5. The van der Waals surface area contributed by atoms with Crippen LogP contribution in [0.5, 0.6) is 0 Å². The van der Waals surface area contributed by atoms with Gasteiger partial charge in [-0.3, -0.25) is 4.79 Å². The van der Waals surface area contributed by atoms with E-state index in [4.69, 9.17) is 8.83 Å². The lowest BCUT2D eigenvalue weighted by Gasteiger charge is -2.30. The molecule has 1 amide bonds. The summed E-state index contributed by atoms with van der Waals surface area (Å²) in [5.41, 5.74) is 2.39. The molecule has 1 saturated heterocycles. The lowest BCUT2D eigenvalue weighted by atomic mass is 9.96. The van der Waals surface area contributed by atoms with Crippen LogP contribution in [0.3, 0.4) is 0 Å². The molecule has 0 saturated carbocycles. The third-order valence-corrected chi connectivity index (χ3v) is 4.97. The van der Waals surface area contributed by atoms with Gasteiger partial charge in [0.15, 0.2) is 5.76 Å². The average molecular weight is 363 g/mol. The number of nitrogens with one attached hydrogen (secondary N) is 1. The van der Waals surface area contributed by atoms with Crippen LogP contribution in [-0.4, -0.2) is 44.1 Å². The largest absolute Gasteiger partial charge is 0.459 e. The van der Waals surface area contributed by atoms with Gasteiger partial charge in [0.1, 0.15) is 0 Å². The van der Waals surface area contributed by atoms with Gasteiger partial charge in [-0.15, -0.1) is 10.2 Å². The highest BCUT2D eigenvalue weighted by molar-refractivity contribution is 5.97. The molecule has 5 rings (SSSR count). The lowest BCUT2D eigenvalue weighted by Crippen LogP contribution is -2.38. The molecule has 8 nitrogen and oxygen atoms in total. The molecule has 3 aromatic heterocycles. The van der Waals surface area contributed by atoms with Crippen molar-refractivity contribution in [1.29, 1.82) is 0 Å².